The third-order valence-corrected chi connectivity index (χ3v) is 3.42. The van der Waals surface area contributed by atoms with E-state index in [0.717, 1.165) is 57.8 Å². The number of amides is 1. The van der Waals surface area contributed by atoms with Crippen molar-refractivity contribution >= 4 is 11.6 Å². The SMILES string of the molecule is CCCCCNC(=O)c1cc(N2CCOCC2)ccn1. The second kappa shape index (κ2) is 7.85. The fourth-order valence-electron chi connectivity index (χ4n) is 2.23. The van der Waals surface area contributed by atoms with E-state index in [1.807, 2.05) is 12.1 Å². The normalized spacial score (nSPS) is 15.2. The molecule has 0 radical (unpaired) electrons. The van der Waals surface area contributed by atoms with Crippen molar-refractivity contribution < 1.29 is 9.53 Å². The number of carbonyl (C=O) groups excluding carboxylic acids is 1. The van der Waals surface area contributed by atoms with Crippen molar-refractivity contribution in [2.45, 2.75) is 26.2 Å². The molecule has 1 N–H and O–H groups in total. The molecule has 1 saturated heterocycles. The highest BCUT2D eigenvalue weighted by molar-refractivity contribution is 5.93. The smallest absolute Gasteiger partial charge is 0.269 e. The molecule has 1 fully saturated rings. The van der Waals surface area contributed by atoms with Crippen molar-refractivity contribution in [1.29, 1.82) is 0 Å². The number of hydrogen-bond donors (Lipinski definition) is 1. The van der Waals surface area contributed by atoms with Crippen molar-refractivity contribution in [3.63, 3.8) is 0 Å². The molecule has 5 nitrogen and oxygen atoms in total. The summed E-state index contributed by atoms with van der Waals surface area (Å²) in [6.45, 7) is 6.07. The number of aromatic nitrogens is 1. The maximum absolute atomic E-state index is 12.0. The van der Waals surface area contributed by atoms with Crippen molar-refractivity contribution in [2.75, 3.05) is 37.7 Å². The number of pyridine rings is 1. The lowest BCUT2D eigenvalue weighted by atomic mass is 10.2. The summed E-state index contributed by atoms with van der Waals surface area (Å²) in [4.78, 5) is 18.4. The Morgan fingerprint density at radius 2 is 2.20 bits per heavy atom. The average Bonchev–Trinajstić information content (AvgIpc) is 2.52. The highest BCUT2D eigenvalue weighted by Crippen LogP contribution is 2.15. The molecule has 2 heterocycles. The van der Waals surface area contributed by atoms with E-state index >= 15 is 0 Å². The molecule has 1 amide bonds. The van der Waals surface area contributed by atoms with Gasteiger partial charge in [-0.25, -0.2) is 0 Å². The molecule has 0 saturated carbocycles. The zero-order chi connectivity index (χ0) is 14.2. The van der Waals surface area contributed by atoms with E-state index in [1.54, 1.807) is 6.20 Å². The van der Waals surface area contributed by atoms with Crippen LogP contribution in [-0.4, -0.2) is 43.7 Å². The van der Waals surface area contributed by atoms with Crippen LogP contribution in [-0.2, 0) is 4.74 Å². The zero-order valence-corrected chi connectivity index (χ0v) is 12.1. The quantitative estimate of drug-likeness (QED) is 0.806. The van der Waals surface area contributed by atoms with Crippen LogP contribution in [0.3, 0.4) is 0 Å². The monoisotopic (exact) mass is 277 g/mol. The predicted molar refractivity (Wildman–Crippen MR) is 79.1 cm³/mol. The Labute approximate surface area is 120 Å². The number of nitrogens with zero attached hydrogens (tertiary/aromatic N) is 2. The molecule has 0 aliphatic carbocycles. The summed E-state index contributed by atoms with van der Waals surface area (Å²) in [7, 11) is 0. The van der Waals surface area contributed by atoms with Crippen LogP contribution in [0.25, 0.3) is 0 Å². The van der Waals surface area contributed by atoms with Gasteiger partial charge in [0.2, 0.25) is 0 Å². The Bertz CT molecular complexity index is 431. The Balaban J connectivity index is 1.92. The topological polar surface area (TPSA) is 54.5 Å². The minimum absolute atomic E-state index is 0.0868. The van der Waals surface area contributed by atoms with Gasteiger partial charge in [0, 0.05) is 31.5 Å². The third-order valence-electron chi connectivity index (χ3n) is 3.42. The van der Waals surface area contributed by atoms with Crippen LogP contribution in [0.1, 0.15) is 36.7 Å². The lowest BCUT2D eigenvalue weighted by Crippen LogP contribution is -2.36. The van der Waals surface area contributed by atoms with Crippen LogP contribution in [0.2, 0.25) is 0 Å². The average molecular weight is 277 g/mol. The molecule has 0 atom stereocenters. The van der Waals surface area contributed by atoms with Crippen LogP contribution in [0, 0.1) is 0 Å². The summed E-state index contributed by atoms with van der Waals surface area (Å²) in [5, 5.41) is 2.92. The van der Waals surface area contributed by atoms with Gasteiger partial charge in [0.15, 0.2) is 0 Å². The number of hydrogen-bond acceptors (Lipinski definition) is 4. The number of unbranched alkanes of at least 4 members (excludes halogenated alkanes) is 2. The van der Waals surface area contributed by atoms with Crippen molar-refractivity contribution in [3.05, 3.63) is 24.0 Å². The van der Waals surface area contributed by atoms with Crippen molar-refractivity contribution in [3.8, 4) is 0 Å². The minimum Gasteiger partial charge on any atom is -0.378 e. The van der Waals surface area contributed by atoms with Crippen LogP contribution >= 0.6 is 0 Å². The molecule has 20 heavy (non-hydrogen) atoms. The van der Waals surface area contributed by atoms with E-state index in [0.29, 0.717) is 5.69 Å². The Kier molecular flexibility index (Phi) is 5.80. The fraction of sp³-hybridized carbons (Fsp3) is 0.600. The molecule has 0 unspecified atom stereocenters. The molecule has 0 aromatic carbocycles. The van der Waals surface area contributed by atoms with Crippen LogP contribution in [0.5, 0.6) is 0 Å². The lowest BCUT2D eigenvalue weighted by Gasteiger charge is -2.28. The van der Waals surface area contributed by atoms with Crippen LogP contribution in [0.4, 0.5) is 5.69 Å². The van der Waals surface area contributed by atoms with E-state index in [4.69, 9.17) is 4.74 Å². The summed E-state index contributed by atoms with van der Waals surface area (Å²) in [6, 6.07) is 3.81. The summed E-state index contributed by atoms with van der Waals surface area (Å²) >= 11 is 0. The number of carbonyl (C=O) groups is 1. The first-order chi connectivity index (χ1) is 9.81. The van der Waals surface area contributed by atoms with Gasteiger partial charge in [-0.2, -0.15) is 0 Å². The van der Waals surface area contributed by atoms with Gasteiger partial charge in [-0.3, -0.25) is 9.78 Å². The summed E-state index contributed by atoms with van der Waals surface area (Å²) in [6.07, 6.45) is 5.01. The molecule has 1 aliphatic heterocycles. The van der Waals surface area contributed by atoms with E-state index < -0.39 is 0 Å². The van der Waals surface area contributed by atoms with E-state index in [2.05, 4.69) is 22.1 Å². The second-order valence-electron chi connectivity index (χ2n) is 4.96. The number of ether oxygens (including phenoxy) is 1. The number of rotatable bonds is 6. The maximum atomic E-state index is 12.0. The van der Waals surface area contributed by atoms with Crippen LogP contribution in [0.15, 0.2) is 18.3 Å². The molecule has 1 aliphatic rings. The first-order valence-electron chi connectivity index (χ1n) is 7.38. The first kappa shape index (κ1) is 14.8. The predicted octanol–water partition coefficient (Wildman–Crippen LogP) is 1.84. The lowest BCUT2D eigenvalue weighted by molar-refractivity contribution is 0.0948. The minimum atomic E-state index is -0.0868. The van der Waals surface area contributed by atoms with Gasteiger partial charge in [0.25, 0.3) is 5.91 Å². The van der Waals surface area contributed by atoms with Crippen molar-refractivity contribution in [1.82, 2.24) is 10.3 Å². The largest absolute Gasteiger partial charge is 0.378 e. The summed E-state index contributed by atoms with van der Waals surface area (Å²) in [5.74, 6) is -0.0868. The van der Waals surface area contributed by atoms with E-state index in [1.165, 1.54) is 0 Å². The highest BCUT2D eigenvalue weighted by Gasteiger charge is 2.13. The van der Waals surface area contributed by atoms with Gasteiger partial charge in [0.1, 0.15) is 5.69 Å². The number of anilines is 1. The van der Waals surface area contributed by atoms with Gasteiger partial charge >= 0.3 is 0 Å². The van der Waals surface area contributed by atoms with Gasteiger partial charge in [-0.05, 0) is 18.6 Å². The standard InChI is InChI=1S/C15H23N3O2/c1-2-3-4-6-17-15(19)14-12-13(5-7-16-14)18-8-10-20-11-9-18/h5,7,12H,2-4,6,8-11H2,1H3,(H,17,19). The zero-order valence-electron chi connectivity index (χ0n) is 12.1. The van der Waals surface area contributed by atoms with E-state index in [9.17, 15) is 4.79 Å². The highest BCUT2D eigenvalue weighted by atomic mass is 16.5. The van der Waals surface area contributed by atoms with Gasteiger partial charge in [-0.1, -0.05) is 19.8 Å². The Hall–Kier alpha value is -1.62. The maximum Gasteiger partial charge on any atom is 0.269 e. The van der Waals surface area contributed by atoms with Crippen LogP contribution < -0.4 is 10.2 Å². The molecule has 2 rings (SSSR count). The molecule has 5 heteroatoms. The third kappa shape index (κ3) is 4.20. The molecule has 1 aromatic rings. The fourth-order valence-corrected chi connectivity index (χ4v) is 2.23. The molecular weight excluding hydrogens is 254 g/mol. The summed E-state index contributed by atoms with van der Waals surface area (Å²) in [5.41, 5.74) is 1.53. The summed E-state index contributed by atoms with van der Waals surface area (Å²) < 4.78 is 5.34. The van der Waals surface area contributed by atoms with Gasteiger partial charge in [0.05, 0.1) is 13.2 Å². The Morgan fingerprint density at radius 3 is 2.95 bits per heavy atom. The Morgan fingerprint density at radius 1 is 1.40 bits per heavy atom. The molecule has 110 valence electrons. The number of nitrogens with one attached hydrogen (secondary N) is 1. The van der Waals surface area contributed by atoms with Crippen molar-refractivity contribution in [2.24, 2.45) is 0 Å². The molecule has 0 bridgehead atoms. The molecular formula is C15H23N3O2. The second-order valence-corrected chi connectivity index (χ2v) is 4.96. The first-order valence-corrected chi connectivity index (χ1v) is 7.38. The molecule has 0 spiro atoms. The molecule has 1 aromatic heterocycles. The van der Waals surface area contributed by atoms with Gasteiger partial charge in [-0.15, -0.1) is 0 Å². The number of morpholine rings is 1. The van der Waals surface area contributed by atoms with Gasteiger partial charge < -0.3 is 15.0 Å². The van der Waals surface area contributed by atoms with E-state index in [-0.39, 0.29) is 5.91 Å².